The first-order chi connectivity index (χ1) is 6.43. The van der Waals surface area contributed by atoms with Gasteiger partial charge in [0.05, 0.1) is 0 Å². The van der Waals surface area contributed by atoms with Crippen LogP contribution in [-0.2, 0) is 11.8 Å². The Morgan fingerprint density at radius 1 is 1.36 bits per heavy atom. The van der Waals surface area contributed by atoms with Crippen molar-refractivity contribution < 1.29 is 0 Å². The van der Waals surface area contributed by atoms with E-state index in [9.17, 15) is 0 Å². The lowest BCUT2D eigenvalue weighted by Crippen LogP contribution is -2.18. The Balaban J connectivity index is 3.07. The van der Waals surface area contributed by atoms with Gasteiger partial charge in [-0.05, 0) is 12.6 Å². The molecule has 0 bridgehead atoms. The van der Waals surface area contributed by atoms with Gasteiger partial charge < -0.3 is 5.73 Å². The Morgan fingerprint density at radius 3 is 2.50 bits per heavy atom. The summed E-state index contributed by atoms with van der Waals surface area (Å²) in [6.07, 6.45) is 0.741. The largest absolute Gasteiger partial charge is 0.330 e. The first-order valence-electron chi connectivity index (χ1n) is 4.67. The minimum absolute atomic E-state index is 0.0752. The summed E-state index contributed by atoms with van der Waals surface area (Å²) in [4.78, 5) is 8.62. The molecular formula is C10H16ClN3. The minimum atomic E-state index is -0.0752. The van der Waals surface area contributed by atoms with Crippen LogP contribution >= 0.6 is 11.6 Å². The number of aromatic nitrogens is 2. The van der Waals surface area contributed by atoms with Crippen molar-refractivity contribution in [3.05, 3.63) is 22.7 Å². The Labute approximate surface area is 89.7 Å². The van der Waals surface area contributed by atoms with Crippen LogP contribution in [0.1, 0.15) is 32.3 Å². The molecule has 0 atom stereocenters. The summed E-state index contributed by atoms with van der Waals surface area (Å²) in [5.41, 5.74) is 6.31. The third-order valence-electron chi connectivity index (χ3n) is 1.82. The zero-order valence-corrected chi connectivity index (χ0v) is 9.60. The molecule has 0 unspecified atom stereocenters. The molecule has 0 saturated heterocycles. The van der Waals surface area contributed by atoms with Gasteiger partial charge in [-0.1, -0.05) is 32.4 Å². The zero-order valence-electron chi connectivity index (χ0n) is 8.84. The lowest BCUT2D eigenvalue weighted by molar-refractivity contribution is 0.541. The van der Waals surface area contributed by atoms with Gasteiger partial charge in [-0.2, -0.15) is 0 Å². The monoisotopic (exact) mass is 213 g/mol. The highest BCUT2D eigenvalue weighted by atomic mass is 35.5. The molecule has 0 aliphatic heterocycles. The summed E-state index contributed by atoms with van der Waals surface area (Å²) in [5.74, 6) is 0.772. The molecule has 0 spiro atoms. The Bertz CT molecular complexity index is 318. The van der Waals surface area contributed by atoms with Crippen molar-refractivity contribution in [1.29, 1.82) is 0 Å². The van der Waals surface area contributed by atoms with E-state index in [0.717, 1.165) is 17.9 Å². The Kier molecular flexibility index (Phi) is 3.45. The predicted octanol–water partition coefficient (Wildman–Crippen LogP) is 1.93. The topological polar surface area (TPSA) is 51.8 Å². The molecule has 0 aliphatic carbocycles. The third-order valence-corrected chi connectivity index (χ3v) is 2.01. The van der Waals surface area contributed by atoms with Crippen LogP contribution in [0.2, 0.25) is 5.15 Å². The molecule has 78 valence electrons. The van der Waals surface area contributed by atoms with Gasteiger partial charge in [0.15, 0.2) is 0 Å². The van der Waals surface area contributed by atoms with Crippen LogP contribution in [0.25, 0.3) is 0 Å². The van der Waals surface area contributed by atoms with E-state index in [4.69, 9.17) is 17.3 Å². The molecule has 1 aromatic heterocycles. The van der Waals surface area contributed by atoms with Crippen molar-refractivity contribution in [3.63, 3.8) is 0 Å². The van der Waals surface area contributed by atoms with E-state index in [-0.39, 0.29) is 5.41 Å². The highest BCUT2D eigenvalue weighted by Gasteiger charge is 2.18. The lowest BCUT2D eigenvalue weighted by Gasteiger charge is -2.17. The average Bonchev–Trinajstić information content (AvgIpc) is 2.02. The molecule has 14 heavy (non-hydrogen) atoms. The zero-order chi connectivity index (χ0) is 10.8. The van der Waals surface area contributed by atoms with Gasteiger partial charge >= 0.3 is 0 Å². The summed E-state index contributed by atoms with van der Waals surface area (Å²) in [5, 5.41) is 0.494. The van der Waals surface area contributed by atoms with Crippen LogP contribution in [0.15, 0.2) is 6.07 Å². The molecule has 1 rings (SSSR count). The van der Waals surface area contributed by atoms with Gasteiger partial charge in [-0.15, -0.1) is 0 Å². The van der Waals surface area contributed by atoms with Gasteiger partial charge in [0.2, 0.25) is 0 Å². The number of nitrogens with zero attached hydrogens (tertiary/aromatic N) is 2. The van der Waals surface area contributed by atoms with Crippen molar-refractivity contribution in [2.24, 2.45) is 5.73 Å². The fourth-order valence-electron chi connectivity index (χ4n) is 1.08. The molecule has 0 aromatic carbocycles. The number of halogens is 1. The second-order valence-corrected chi connectivity index (χ2v) is 4.68. The van der Waals surface area contributed by atoms with Gasteiger partial charge in [0, 0.05) is 17.5 Å². The van der Waals surface area contributed by atoms with Gasteiger partial charge in [0.1, 0.15) is 11.0 Å². The SMILES string of the molecule is CC(C)(C)c1nc(Cl)cc(CCN)n1. The fraction of sp³-hybridized carbons (Fsp3) is 0.600. The van der Waals surface area contributed by atoms with Crippen molar-refractivity contribution in [3.8, 4) is 0 Å². The van der Waals surface area contributed by atoms with Crippen LogP contribution < -0.4 is 5.73 Å². The van der Waals surface area contributed by atoms with Crippen molar-refractivity contribution >= 4 is 11.6 Å². The quantitative estimate of drug-likeness (QED) is 0.764. The molecule has 0 aliphatic rings. The van der Waals surface area contributed by atoms with E-state index < -0.39 is 0 Å². The summed E-state index contributed by atoms with van der Waals surface area (Å²) in [7, 11) is 0. The minimum Gasteiger partial charge on any atom is -0.330 e. The van der Waals surface area contributed by atoms with E-state index >= 15 is 0 Å². The van der Waals surface area contributed by atoms with Crippen LogP contribution in [0.3, 0.4) is 0 Å². The Hall–Kier alpha value is -0.670. The van der Waals surface area contributed by atoms with Crippen molar-refractivity contribution in [2.45, 2.75) is 32.6 Å². The molecule has 1 heterocycles. The van der Waals surface area contributed by atoms with Gasteiger partial charge in [0.25, 0.3) is 0 Å². The molecule has 2 N–H and O–H groups in total. The van der Waals surface area contributed by atoms with Crippen LogP contribution in [0, 0.1) is 0 Å². The smallest absolute Gasteiger partial charge is 0.135 e. The van der Waals surface area contributed by atoms with E-state index in [1.807, 2.05) is 0 Å². The molecule has 4 heteroatoms. The highest BCUT2D eigenvalue weighted by molar-refractivity contribution is 6.29. The molecule has 0 fully saturated rings. The summed E-state index contributed by atoms with van der Waals surface area (Å²) >= 11 is 5.90. The molecule has 1 aromatic rings. The third kappa shape index (κ3) is 2.93. The van der Waals surface area contributed by atoms with Crippen molar-refractivity contribution in [2.75, 3.05) is 6.54 Å². The second-order valence-electron chi connectivity index (χ2n) is 4.29. The number of rotatable bonds is 2. The molecule has 0 radical (unpaired) electrons. The Morgan fingerprint density at radius 2 is 2.00 bits per heavy atom. The molecule has 3 nitrogen and oxygen atoms in total. The first-order valence-corrected chi connectivity index (χ1v) is 5.05. The van der Waals surface area contributed by atoms with E-state index in [2.05, 4.69) is 30.7 Å². The highest BCUT2D eigenvalue weighted by Crippen LogP contribution is 2.20. The van der Waals surface area contributed by atoms with Crippen molar-refractivity contribution in [1.82, 2.24) is 9.97 Å². The maximum Gasteiger partial charge on any atom is 0.135 e. The standard InChI is InChI=1S/C10H16ClN3/c1-10(2,3)9-13-7(4-5-12)6-8(11)14-9/h6H,4-5,12H2,1-3H3. The maximum atomic E-state index is 5.90. The predicted molar refractivity (Wildman–Crippen MR) is 58.5 cm³/mol. The average molecular weight is 214 g/mol. The molecule has 0 amide bonds. The summed E-state index contributed by atoms with van der Waals surface area (Å²) in [6.45, 7) is 6.76. The maximum absolute atomic E-state index is 5.90. The molecular weight excluding hydrogens is 198 g/mol. The van der Waals surface area contributed by atoms with Crippen LogP contribution in [-0.4, -0.2) is 16.5 Å². The first kappa shape index (κ1) is 11.4. The van der Waals surface area contributed by atoms with E-state index in [0.29, 0.717) is 11.7 Å². The van der Waals surface area contributed by atoms with Gasteiger partial charge in [-0.3, -0.25) is 0 Å². The van der Waals surface area contributed by atoms with Crippen LogP contribution in [0.5, 0.6) is 0 Å². The normalized spacial score (nSPS) is 11.8. The number of nitrogens with two attached hydrogens (primary N) is 1. The fourth-order valence-corrected chi connectivity index (χ4v) is 1.28. The second kappa shape index (κ2) is 4.24. The summed E-state index contributed by atoms with van der Waals surface area (Å²) in [6, 6.07) is 1.77. The van der Waals surface area contributed by atoms with Crippen LogP contribution in [0.4, 0.5) is 0 Å². The number of hydrogen-bond donors (Lipinski definition) is 1. The summed E-state index contributed by atoms with van der Waals surface area (Å²) < 4.78 is 0. The lowest BCUT2D eigenvalue weighted by atomic mass is 9.95. The number of hydrogen-bond acceptors (Lipinski definition) is 3. The van der Waals surface area contributed by atoms with Gasteiger partial charge in [-0.25, -0.2) is 9.97 Å². The van der Waals surface area contributed by atoms with E-state index in [1.54, 1.807) is 6.07 Å². The molecule has 0 saturated carbocycles. The van der Waals surface area contributed by atoms with E-state index in [1.165, 1.54) is 0 Å².